The predicted molar refractivity (Wildman–Crippen MR) is 76.7 cm³/mol. The Morgan fingerprint density at radius 3 is 2.77 bits per heavy atom. The summed E-state index contributed by atoms with van der Waals surface area (Å²) in [5.41, 5.74) is -0.0625. The molecule has 6 atom stereocenters. The lowest BCUT2D eigenvalue weighted by Gasteiger charge is -2.33. The predicted octanol–water partition coefficient (Wildman–Crippen LogP) is 0.678. The first-order valence-corrected chi connectivity index (χ1v) is 7.42. The van der Waals surface area contributed by atoms with Crippen LogP contribution in [0, 0.1) is 5.92 Å². The first-order valence-electron chi connectivity index (χ1n) is 7.42. The molecule has 0 saturated carbocycles. The van der Waals surface area contributed by atoms with Gasteiger partial charge in [0, 0.05) is 25.5 Å². The van der Waals surface area contributed by atoms with Crippen molar-refractivity contribution in [3.63, 3.8) is 0 Å². The number of rotatable bonds is 1. The van der Waals surface area contributed by atoms with Crippen molar-refractivity contribution in [2.24, 2.45) is 5.92 Å². The van der Waals surface area contributed by atoms with Gasteiger partial charge < -0.3 is 24.4 Å². The van der Waals surface area contributed by atoms with Gasteiger partial charge in [0.15, 0.2) is 5.79 Å². The van der Waals surface area contributed by atoms with Gasteiger partial charge in [0.05, 0.1) is 23.7 Å². The second-order valence-corrected chi connectivity index (χ2v) is 6.67. The number of fused-ring (bicyclic) bond motifs is 3. The normalized spacial score (nSPS) is 50.5. The fourth-order valence-corrected chi connectivity index (χ4v) is 3.82. The standard InChI is InChI=1S/C16H22O6/c1-8-5-11-13(9(2)14(18)21-11)10(17)6-15(3)12(20-4)7-16(8,19)22-15/h5,10-13,17,19H,2,6-7H2,1,3-4H3/b8-5+/t10-,11-,12-,13-,15-,16-/m1/s1. The second kappa shape index (κ2) is 4.89. The molecule has 22 heavy (non-hydrogen) atoms. The number of esters is 1. The molecule has 2 fully saturated rings. The van der Waals surface area contributed by atoms with Crippen molar-refractivity contribution >= 4 is 5.97 Å². The topological polar surface area (TPSA) is 85.2 Å². The molecular weight excluding hydrogens is 288 g/mol. The first-order chi connectivity index (χ1) is 10.2. The average Bonchev–Trinajstić information content (AvgIpc) is 2.85. The number of hydrogen-bond acceptors (Lipinski definition) is 6. The highest BCUT2D eigenvalue weighted by molar-refractivity contribution is 5.91. The van der Waals surface area contributed by atoms with Gasteiger partial charge in [0.25, 0.3) is 0 Å². The summed E-state index contributed by atoms with van der Waals surface area (Å²) in [6, 6.07) is 0. The molecule has 3 rings (SSSR count). The molecule has 0 aromatic heterocycles. The summed E-state index contributed by atoms with van der Waals surface area (Å²) < 4.78 is 16.6. The third-order valence-electron chi connectivity index (χ3n) is 5.15. The third kappa shape index (κ3) is 2.13. The molecule has 3 aliphatic heterocycles. The van der Waals surface area contributed by atoms with Crippen LogP contribution in [0.15, 0.2) is 23.8 Å². The quantitative estimate of drug-likeness (QED) is 0.421. The van der Waals surface area contributed by atoms with Crippen LogP contribution in [0.5, 0.6) is 0 Å². The largest absolute Gasteiger partial charge is 0.454 e. The Hall–Kier alpha value is -1.21. The maximum absolute atomic E-state index is 11.8. The molecule has 3 heterocycles. The van der Waals surface area contributed by atoms with E-state index in [0.29, 0.717) is 5.57 Å². The van der Waals surface area contributed by atoms with Crippen LogP contribution >= 0.6 is 0 Å². The number of aliphatic hydroxyl groups excluding tert-OH is 1. The second-order valence-electron chi connectivity index (χ2n) is 6.67. The highest BCUT2D eigenvalue weighted by Crippen LogP contribution is 2.48. The molecule has 0 spiro atoms. The van der Waals surface area contributed by atoms with Crippen LogP contribution in [0.2, 0.25) is 0 Å². The van der Waals surface area contributed by atoms with Crippen molar-refractivity contribution < 1.29 is 29.2 Å². The van der Waals surface area contributed by atoms with E-state index in [0.717, 1.165) is 0 Å². The molecule has 0 aliphatic carbocycles. The van der Waals surface area contributed by atoms with E-state index in [1.54, 1.807) is 27.0 Å². The molecule has 6 heteroatoms. The van der Waals surface area contributed by atoms with Crippen LogP contribution < -0.4 is 0 Å². The SMILES string of the molecule is C=C1C(=O)O[C@@H]2/C=C(\C)[C@@]3(O)C[C@@H](OC)[C@@](C)(C[C@@H](O)[C@@H]12)O3. The van der Waals surface area contributed by atoms with Crippen molar-refractivity contribution in [3.8, 4) is 0 Å². The van der Waals surface area contributed by atoms with E-state index >= 15 is 0 Å². The summed E-state index contributed by atoms with van der Waals surface area (Å²) in [5.74, 6) is -2.53. The number of methoxy groups -OCH3 is 1. The lowest BCUT2D eigenvalue weighted by Crippen LogP contribution is -2.43. The molecule has 0 aromatic rings. The van der Waals surface area contributed by atoms with Crippen molar-refractivity contribution in [2.75, 3.05) is 7.11 Å². The Morgan fingerprint density at radius 2 is 2.14 bits per heavy atom. The van der Waals surface area contributed by atoms with Crippen molar-refractivity contribution in [3.05, 3.63) is 23.8 Å². The van der Waals surface area contributed by atoms with Crippen LogP contribution in [0.3, 0.4) is 0 Å². The summed E-state index contributed by atoms with van der Waals surface area (Å²) in [6.07, 6.45) is 0.252. The number of ether oxygens (including phenoxy) is 3. The maximum Gasteiger partial charge on any atom is 0.334 e. The summed E-state index contributed by atoms with van der Waals surface area (Å²) in [6.45, 7) is 7.27. The van der Waals surface area contributed by atoms with Gasteiger partial charge in [-0.05, 0) is 25.5 Å². The number of hydrogen-bond donors (Lipinski definition) is 2. The van der Waals surface area contributed by atoms with Crippen molar-refractivity contribution in [1.82, 2.24) is 0 Å². The molecule has 0 aromatic carbocycles. The monoisotopic (exact) mass is 310 g/mol. The van der Waals surface area contributed by atoms with Gasteiger partial charge in [-0.3, -0.25) is 0 Å². The summed E-state index contributed by atoms with van der Waals surface area (Å²) >= 11 is 0. The van der Waals surface area contributed by atoms with E-state index in [-0.39, 0.29) is 24.5 Å². The van der Waals surface area contributed by atoms with E-state index in [9.17, 15) is 15.0 Å². The average molecular weight is 310 g/mol. The molecule has 2 saturated heterocycles. The van der Waals surface area contributed by atoms with Crippen molar-refractivity contribution in [2.45, 2.75) is 56.4 Å². The molecule has 6 nitrogen and oxygen atoms in total. The molecule has 2 N–H and O–H groups in total. The molecule has 0 amide bonds. The van der Waals surface area contributed by atoms with Gasteiger partial charge in [-0.15, -0.1) is 0 Å². The van der Waals surface area contributed by atoms with Gasteiger partial charge in [-0.1, -0.05) is 6.58 Å². The fourth-order valence-electron chi connectivity index (χ4n) is 3.82. The molecule has 2 bridgehead atoms. The highest BCUT2D eigenvalue weighted by atomic mass is 16.7. The third-order valence-corrected chi connectivity index (χ3v) is 5.15. The Morgan fingerprint density at radius 1 is 1.45 bits per heavy atom. The Bertz CT molecular complexity index is 555. The minimum atomic E-state index is -1.49. The van der Waals surface area contributed by atoms with Crippen LogP contribution in [-0.4, -0.2) is 53.0 Å². The fraction of sp³-hybridized carbons (Fsp3) is 0.688. The van der Waals surface area contributed by atoms with Crippen molar-refractivity contribution in [1.29, 1.82) is 0 Å². The molecule has 0 radical (unpaired) electrons. The lowest BCUT2D eigenvalue weighted by atomic mass is 9.81. The summed E-state index contributed by atoms with van der Waals surface area (Å²) in [7, 11) is 1.55. The van der Waals surface area contributed by atoms with E-state index in [1.807, 2.05) is 0 Å². The van der Waals surface area contributed by atoms with Crippen LogP contribution in [0.25, 0.3) is 0 Å². The van der Waals surface area contributed by atoms with E-state index < -0.39 is 35.5 Å². The van der Waals surface area contributed by atoms with Gasteiger partial charge in [0.2, 0.25) is 0 Å². The van der Waals surface area contributed by atoms with Crippen LogP contribution in [-0.2, 0) is 19.0 Å². The van der Waals surface area contributed by atoms with Gasteiger partial charge in [0.1, 0.15) is 6.10 Å². The maximum atomic E-state index is 11.8. The van der Waals surface area contributed by atoms with E-state index in [1.165, 1.54) is 0 Å². The Kier molecular flexibility index (Phi) is 3.49. The smallest absolute Gasteiger partial charge is 0.334 e. The number of carbonyl (C=O) groups excluding carboxylic acids is 1. The summed E-state index contributed by atoms with van der Waals surface area (Å²) in [4.78, 5) is 11.8. The minimum Gasteiger partial charge on any atom is -0.454 e. The Balaban J connectivity index is 2.07. The zero-order valence-corrected chi connectivity index (χ0v) is 13.0. The van der Waals surface area contributed by atoms with E-state index in [4.69, 9.17) is 14.2 Å². The lowest BCUT2D eigenvalue weighted by molar-refractivity contribution is -0.207. The highest BCUT2D eigenvalue weighted by Gasteiger charge is 2.57. The molecule has 0 unspecified atom stereocenters. The van der Waals surface area contributed by atoms with Gasteiger partial charge in [-0.2, -0.15) is 0 Å². The van der Waals surface area contributed by atoms with Gasteiger partial charge in [-0.25, -0.2) is 4.79 Å². The van der Waals surface area contributed by atoms with Gasteiger partial charge >= 0.3 is 5.97 Å². The number of carbonyl (C=O) groups is 1. The number of aliphatic hydroxyl groups is 2. The Labute approximate surface area is 129 Å². The van der Waals surface area contributed by atoms with E-state index in [2.05, 4.69) is 6.58 Å². The molecule has 3 aliphatic rings. The molecular formula is C16H22O6. The zero-order valence-electron chi connectivity index (χ0n) is 13.0. The summed E-state index contributed by atoms with van der Waals surface area (Å²) in [5, 5.41) is 21.4. The van der Waals surface area contributed by atoms with Crippen LogP contribution in [0.4, 0.5) is 0 Å². The molecule has 122 valence electrons. The zero-order chi connectivity index (χ0) is 16.3. The minimum absolute atomic E-state index is 0.214. The van der Waals surface area contributed by atoms with Crippen LogP contribution in [0.1, 0.15) is 26.7 Å². The first kappa shape index (κ1) is 15.7.